The quantitative estimate of drug-likeness (QED) is 0.723. The van der Waals surface area contributed by atoms with Crippen molar-refractivity contribution in [2.24, 2.45) is 0 Å². The van der Waals surface area contributed by atoms with Gasteiger partial charge in [-0.15, -0.1) is 0 Å². The number of halogens is 2. The zero-order valence-corrected chi connectivity index (χ0v) is 19.2. The number of morpholine rings is 1. The predicted octanol–water partition coefficient (Wildman–Crippen LogP) is 3.54. The number of aryl methyl sites for hydroxylation is 1. The molecule has 1 fully saturated rings. The zero-order valence-electron chi connectivity index (χ0n) is 18.4. The number of nitrogens with one attached hydrogen (secondary N) is 1. The first-order valence-electron chi connectivity index (χ1n) is 11.3. The maximum Gasteiger partial charge on any atom is 0.254 e. The largest absolute Gasteiger partial charge is 0.491 e. The minimum Gasteiger partial charge on any atom is -0.491 e. The number of amides is 2. The van der Waals surface area contributed by atoms with Crippen molar-refractivity contribution < 1.29 is 23.5 Å². The number of hydrogen-bond acceptors (Lipinski definition) is 4. The minimum atomic E-state index is -1.13. The van der Waals surface area contributed by atoms with Gasteiger partial charge in [-0.25, -0.2) is 4.39 Å². The summed E-state index contributed by atoms with van der Waals surface area (Å²) in [5, 5.41) is 3.13. The van der Waals surface area contributed by atoms with Gasteiger partial charge in [-0.2, -0.15) is 0 Å². The van der Waals surface area contributed by atoms with Crippen molar-refractivity contribution >= 4 is 23.4 Å². The number of ether oxygens (including phenoxy) is 2. The molecule has 0 saturated carbocycles. The van der Waals surface area contributed by atoms with Crippen LogP contribution in [0.2, 0.25) is 5.02 Å². The van der Waals surface area contributed by atoms with Crippen LogP contribution in [0.5, 0.6) is 5.75 Å². The molecule has 2 aromatic carbocycles. The Balaban J connectivity index is 1.47. The molecule has 4 rings (SSSR count). The summed E-state index contributed by atoms with van der Waals surface area (Å²) in [7, 11) is 0. The molecule has 33 heavy (non-hydrogen) atoms. The molecule has 8 heteroatoms. The Hall–Kier alpha value is -2.64. The number of benzene rings is 2. The molecule has 1 saturated heterocycles. The normalized spacial score (nSPS) is 21.9. The van der Waals surface area contributed by atoms with Crippen LogP contribution in [-0.4, -0.2) is 55.2 Å². The van der Waals surface area contributed by atoms with Gasteiger partial charge >= 0.3 is 0 Å². The second-order valence-electron chi connectivity index (χ2n) is 8.45. The van der Waals surface area contributed by atoms with Gasteiger partial charge in [0.05, 0.1) is 26.1 Å². The van der Waals surface area contributed by atoms with Crippen molar-refractivity contribution in [2.75, 3.05) is 32.8 Å². The molecular formula is C25H28ClFN2O4. The van der Waals surface area contributed by atoms with E-state index in [9.17, 15) is 14.0 Å². The van der Waals surface area contributed by atoms with Crippen LogP contribution in [0.3, 0.4) is 0 Å². The Morgan fingerprint density at radius 2 is 2.00 bits per heavy atom. The Morgan fingerprint density at radius 3 is 2.85 bits per heavy atom. The molecule has 0 radical (unpaired) electrons. The van der Waals surface area contributed by atoms with Crippen LogP contribution in [0, 0.1) is 5.82 Å². The van der Waals surface area contributed by atoms with Crippen molar-refractivity contribution in [2.45, 2.75) is 37.7 Å². The predicted molar refractivity (Wildman–Crippen MR) is 123 cm³/mol. The molecule has 6 nitrogen and oxygen atoms in total. The van der Waals surface area contributed by atoms with E-state index in [0.717, 1.165) is 30.6 Å². The van der Waals surface area contributed by atoms with Crippen LogP contribution in [0.25, 0.3) is 0 Å². The number of carbonyl (C=O) groups is 2. The lowest BCUT2D eigenvalue weighted by Crippen LogP contribution is -2.61. The minimum absolute atomic E-state index is 0.126. The van der Waals surface area contributed by atoms with Crippen molar-refractivity contribution in [3.05, 3.63) is 64.4 Å². The maximum atomic E-state index is 14.2. The Labute approximate surface area is 198 Å². The van der Waals surface area contributed by atoms with E-state index in [1.54, 1.807) is 11.0 Å². The van der Waals surface area contributed by atoms with Crippen molar-refractivity contribution in [1.82, 2.24) is 10.2 Å². The molecule has 2 heterocycles. The van der Waals surface area contributed by atoms with E-state index in [1.165, 1.54) is 12.1 Å². The number of fused-ring (bicyclic) bond motifs is 1. The monoisotopic (exact) mass is 474 g/mol. The summed E-state index contributed by atoms with van der Waals surface area (Å²) in [6, 6.07) is 12.3. The van der Waals surface area contributed by atoms with E-state index >= 15 is 0 Å². The fourth-order valence-electron chi connectivity index (χ4n) is 4.43. The van der Waals surface area contributed by atoms with Crippen LogP contribution in [-0.2, 0) is 27.2 Å². The maximum absolute atomic E-state index is 14.2. The lowest BCUT2D eigenvalue weighted by Gasteiger charge is -2.42. The van der Waals surface area contributed by atoms with Gasteiger partial charge in [0.1, 0.15) is 18.2 Å². The molecule has 2 amide bonds. The van der Waals surface area contributed by atoms with Crippen molar-refractivity contribution in [3.63, 3.8) is 0 Å². The lowest BCUT2D eigenvalue weighted by atomic mass is 9.91. The highest BCUT2D eigenvalue weighted by molar-refractivity contribution is 6.31. The smallest absolute Gasteiger partial charge is 0.254 e. The first-order chi connectivity index (χ1) is 16.0. The molecule has 1 atom stereocenters. The first-order valence-corrected chi connectivity index (χ1v) is 11.7. The molecule has 2 aliphatic heterocycles. The molecule has 0 aliphatic carbocycles. The SMILES string of the molecule is O=C(Cc1c(F)cccc1Cl)N1CCOC2(CCCCc3ccccc3OCCNC2=O)C1. The van der Waals surface area contributed by atoms with E-state index in [1.807, 2.05) is 18.2 Å². The van der Waals surface area contributed by atoms with Crippen LogP contribution >= 0.6 is 11.6 Å². The standard InChI is InChI=1S/C25H28ClFN2O4/c26-20-8-5-9-21(27)19(20)16-23(30)29-13-15-33-25(17-29)11-4-3-7-18-6-1-2-10-22(18)32-14-12-28-24(25)31/h1-2,5-6,8-10H,3-4,7,11-17H2,(H,28,31). The van der Waals surface area contributed by atoms with Gasteiger partial charge in [-0.3, -0.25) is 9.59 Å². The highest BCUT2D eigenvalue weighted by atomic mass is 35.5. The molecule has 1 spiro atoms. The Kier molecular flexibility index (Phi) is 7.50. The number of rotatable bonds is 2. The van der Waals surface area contributed by atoms with Crippen molar-refractivity contribution in [1.29, 1.82) is 0 Å². The second-order valence-corrected chi connectivity index (χ2v) is 8.86. The van der Waals surface area contributed by atoms with E-state index in [-0.39, 0.29) is 42.0 Å². The zero-order chi connectivity index (χ0) is 23.3. The lowest BCUT2D eigenvalue weighted by molar-refractivity contribution is -0.167. The van der Waals surface area contributed by atoms with Gasteiger partial charge in [-0.1, -0.05) is 35.9 Å². The molecule has 0 bridgehead atoms. The summed E-state index contributed by atoms with van der Waals surface area (Å²) < 4.78 is 26.1. The Morgan fingerprint density at radius 1 is 1.15 bits per heavy atom. The number of para-hydroxylation sites is 1. The Bertz CT molecular complexity index is 997. The summed E-state index contributed by atoms with van der Waals surface area (Å²) in [6.07, 6.45) is 2.78. The van der Waals surface area contributed by atoms with E-state index in [4.69, 9.17) is 21.1 Å². The highest BCUT2D eigenvalue weighted by Gasteiger charge is 2.44. The molecule has 1 unspecified atom stereocenters. The molecule has 2 aromatic rings. The fourth-order valence-corrected chi connectivity index (χ4v) is 4.66. The summed E-state index contributed by atoms with van der Waals surface area (Å²) in [5.41, 5.74) is 0.177. The molecule has 0 aromatic heterocycles. The van der Waals surface area contributed by atoms with Crippen LogP contribution in [0.4, 0.5) is 4.39 Å². The fraction of sp³-hybridized carbons (Fsp3) is 0.440. The van der Waals surface area contributed by atoms with Gasteiger partial charge < -0.3 is 19.7 Å². The third kappa shape index (κ3) is 5.47. The summed E-state index contributed by atoms with van der Waals surface area (Å²) >= 11 is 6.10. The van der Waals surface area contributed by atoms with Gasteiger partial charge in [0.15, 0.2) is 5.60 Å². The van der Waals surface area contributed by atoms with E-state index < -0.39 is 11.4 Å². The third-order valence-electron chi connectivity index (χ3n) is 6.24. The van der Waals surface area contributed by atoms with Gasteiger partial charge in [0, 0.05) is 17.1 Å². The highest BCUT2D eigenvalue weighted by Crippen LogP contribution is 2.28. The molecular weight excluding hydrogens is 447 g/mol. The van der Waals surface area contributed by atoms with Crippen LogP contribution < -0.4 is 10.1 Å². The van der Waals surface area contributed by atoms with Gasteiger partial charge in [0.25, 0.3) is 5.91 Å². The van der Waals surface area contributed by atoms with Crippen LogP contribution in [0.1, 0.15) is 30.4 Å². The summed E-state index contributed by atoms with van der Waals surface area (Å²) in [6.45, 7) is 1.38. The topological polar surface area (TPSA) is 67.9 Å². The third-order valence-corrected chi connectivity index (χ3v) is 6.59. The van der Waals surface area contributed by atoms with Crippen molar-refractivity contribution in [3.8, 4) is 5.75 Å². The molecule has 1 N–H and O–H groups in total. The average molecular weight is 475 g/mol. The number of carbonyl (C=O) groups excluding carboxylic acids is 2. The van der Waals surface area contributed by atoms with Crippen LogP contribution in [0.15, 0.2) is 42.5 Å². The first kappa shape index (κ1) is 23.5. The number of nitrogens with zero attached hydrogens (tertiary/aromatic N) is 1. The summed E-state index contributed by atoms with van der Waals surface area (Å²) in [4.78, 5) is 27.8. The van der Waals surface area contributed by atoms with Gasteiger partial charge in [0.2, 0.25) is 5.91 Å². The number of hydrogen-bond donors (Lipinski definition) is 1. The van der Waals surface area contributed by atoms with Gasteiger partial charge in [-0.05, 0) is 49.4 Å². The average Bonchev–Trinajstić information content (AvgIpc) is 2.82. The molecule has 176 valence electrons. The summed E-state index contributed by atoms with van der Waals surface area (Å²) in [5.74, 6) is -0.190. The second kappa shape index (κ2) is 10.5. The molecule has 2 aliphatic rings. The van der Waals surface area contributed by atoms with E-state index in [0.29, 0.717) is 26.1 Å². The van der Waals surface area contributed by atoms with E-state index in [2.05, 4.69) is 11.4 Å².